The maximum atomic E-state index is 14.1. The Bertz CT molecular complexity index is 1980. The number of rotatable bonds is 20. The van der Waals surface area contributed by atoms with E-state index in [0.29, 0.717) is 38.6 Å². The zero-order chi connectivity index (χ0) is 47.1. The van der Waals surface area contributed by atoms with Crippen LogP contribution >= 0.6 is 0 Å². The topological polar surface area (TPSA) is 192 Å². The van der Waals surface area contributed by atoms with Crippen molar-refractivity contribution < 1.29 is 47.8 Å². The SMILES string of the molecule is CC[C@H](C)[C@@H](OC(=O)/C=C\c1ccccc1)C(=O)N1CCC[C@H]1C(=O)NCC(=O)N(C)[C@@H](CC(C)C)C(=O)N[C@@H](C)C(=O)N(C)[C@H](Cc1ccccc1)C(=O)N1CCC[C@H]1C(=O)OC. The molecule has 0 unspecified atom stereocenters. The van der Waals surface area contributed by atoms with Gasteiger partial charge in [0.15, 0.2) is 6.10 Å². The van der Waals surface area contributed by atoms with Gasteiger partial charge in [-0.3, -0.25) is 28.8 Å². The maximum absolute atomic E-state index is 14.1. The van der Waals surface area contributed by atoms with E-state index < -0.39 is 90.2 Å². The van der Waals surface area contributed by atoms with Crippen LogP contribution in [0.2, 0.25) is 0 Å². The molecule has 64 heavy (non-hydrogen) atoms. The number of hydrogen-bond acceptors (Lipinski definition) is 10. The van der Waals surface area contributed by atoms with Crippen molar-refractivity contribution in [2.75, 3.05) is 40.8 Å². The lowest BCUT2D eigenvalue weighted by molar-refractivity contribution is -0.161. The number of hydrogen-bond donors (Lipinski definition) is 2. The van der Waals surface area contributed by atoms with Crippen molar-refractivity contribution >= 4 is 53.5 Å². The van der Waals surface area contributed by atoms with Crippen LogP contribution in [0, 0.1) is 11.8 Å². The average Bonchev–Trinajstić information content (AvgIpc) is 4.00. The average molecular weight is 887 g/mol. The summed E-state index contributed by atoms with van der Waals surface area (Å²) >= 11 is 0. The molecule has 4 rings (SSSR count). The molecule has 0 bridgehead atoms. The summed E-state index contributed by atoms with van der Waals surface area (Å²) in [6, 6.07) is 13.6. The summed E-state index contributed by atoms with van der Waals surface area (Å²) in [6.07, 6.45) is 4.60. The Morgan fingerprint density at radius 2 is 1.39 bits per heavy atom. The third kappa shape index (κ3) is 13.5. The first-order valence-corrected chi connectivity index (χ1v) is 22.3. The monoisotopic (exact) mass is 886 g/mol. The second-order valence-corrected chi connectivity index (χ2v) is 17.1. The Morgan fingerprint density at radius 3 is 1.98 bits per heavy atom. The molecule has 16 nitrogen and oxygen atoms in total. The first-order valence-electron chi connectivity index (χ1n) is 22.3. The van der Waals surface area contributed by atoms with E-state index in [1.165, 1.54) is 53.8 Å². The van der Waals surface area contributed by atoms with Crippen LogP contribution in [0.3, 0.4) is 0 Å². The minimum atomic E-state index is -1.12. The van der Waals surface area contributed by atoms with Crippen LogP contribution < -0.4 is 10.6 Å². The van der Waals surface area contributed by atoms with Gasteiger partial charge in [-0.2, -0.15) is 0 Å². The number of nitrogens with zero attached hydrogens (tertiary/aromatic N) is 4. The molecule has 2 aliphatic heterocycles. The summed E-state index contributed by atoms with van der Waals surface area (Å²) in [4.78, 5) is 114. The molecule has 2 fully saturated rings. The first kappa shape index (κ1) is 50.6. The van der Waals surface area contributed by atoms with Crippen molar-refractivity contribution in [3.8, 4) is 0 Å². The van der Waals surface area contributed by atoms with E-state index in [0.717, 1.165) is 11.1 Å². The van der Waals surface area contributed by atoms with Gasteiger partial charge in [-0.05, 0) is 68.6 Å². The second-order valence-electron chi connectivity index (χ2n) is 17.1. The molecule has 0 aliphatic carbocycles. The number of likely N-dealkylation sites (tertiary alicyclic amines) is 2. The van der Waals surface area contributed by atoms with Gasteiger partial charge < -0.3 is 39.7 Å². The molecule has 0 aromatic heterocycles. The molecule has 2 aromatic rings. The summed E-state index contributed by atoms with van der Waals surface area (Å²) in [5, 5.41) is 5.40. The van der Waals surface area contributed by atoms with Crippen molar-refractivity contribution in [3.05, 3.63) is 77.9 Å². The van der Waals surface area contributed by atoms with Gasteiger partial charge in [0.2, 0.25) is 29.5 Å². The summed E-state index contributed by atoms with van der Waals surface area (Å²) in [5.41, 5.74) is 1.59. The third-order valence-corrected chi connectivity index (χ3v) is 12.1. The summed E-state index contributed by atoms with van der Waals surface area (Å²) in [6.45, 7) is 9.09. The van der Waals surface area contributed by atoms with Crippen molar-refractivity contribution in [2.24, 2.45) is 11.8 Å². The largest absolute Gasteiger partial charge is 0.467 e. The minimum Gasteiger partial charge on any atom is -0.467 e. The standard InChI is InChI=1S/C48H66N6O10/c1-9-32(4)42(64-41(56)25-24-34-18-12-10-13-19-34)47(61)53-26-16-22-36(53)43(57)49-30-40(55)51(6)38(28-31(2)3)44(58)50-33(5)45(59)52(7)39(29-35-20-14-11-15-21-35)46(60)54-27-17-23-37(54)48(62)63-8/h10-15,18-21,24-25,31-33,36-39,42H,9,16-17,22-23,26-30H2,1-8H3,(H,49,57)(H,50,58)/b25-24-/t32-,33-,36-,37-,38-,39+,42+/m0/s1. The van der Waals surface area contributed by atoms with Crippen molar-refractivity contribution in [2.45, 2.75) is 116 Å². The number of carbonyl (C=O) groups excluding carboxylic acids is 8. The molecule has 0 radical (unpaired) electrons. The number of benzene rings is 2. The molecule has 6 amide bonds. The molecule has 16 heteroatoms. The van der Waals surface area contributed by atoms with E-state index in [9.17, 15) is 38.4 Å². The third-order valence-electron chi connectivity index (χ3n) is 12.1. The van der Waals surface area contributed by atoms with Gasteiger partial charge in [0.25, 0.3) is 5.91 Å². The minimum absolute atomic E-state index is 0.0511. The number of methoxy groups -OCH3 is 1. The number of ether oxygens (including phenoxy) is 2. The number of amides is 6. The predicted molar refractivity (Wildman–Crippen MR) is 240 cm³/mol. The van der Waals surface area contributed by atoms with Crippen LogP contribution in [0.25, 0.3) is 6.08 Å². The van der Waals surface area contributed by atoms with Gasteiger partial charge in [0.05, 0.1) is 13.7 Å². The highest BCUT2D eigenvalue weighted by atomic mass is 16.5. The lowest BCUT2D eigenvalue weighted by Gasteiger charge is -2.35. The van der Waals surface area contributed by atoms with Crippen LogP contribution in [0.5, 0.6) is 0 Å². The molecule has 2 heterocycles. The Morgan fingerprint density at radius 1 is 0.797 bits per heavy atom. The van der Waals surface area contributed by atoms with E-state index in [2.05, 4.69) is 10.6 Å². The summed E-state index contributed by atoms with van der Waals surface area (Å²) in [5.74, 6) is -4.77. The Hall–Kier alpha value is -6.06. The normalized spacial score (nSPS) is 18.4. The molecule has 7 atom stereocenters. The predicted octanol–water partition coefficient (Wildman–Crippen LogP) is 3.38. The molecule has 348 valence electrons. The van der Waals surface area contributed by atoms with Crippen LogP contribution in [0.15, 0.2) is 66.7 Å². The quantitative estimate of drug-likeness (QED) is 0.147. The first-order chi connectivity index (χ1) is 30.5. The van der Waals surface area contributed by atoms with E-state index in [1.807, 2.05) is 81.4 Å². The smallest absolute Gasteiger partial charge is 0.331 e. The maximum Gasteiger partial charge on any atom is 0.331 e. The molecular formula is C48H66N6O10. The molecule has 2 aliphatic rings. The zero-order valence-corrected chi connectivity index (χ0v) is 38.5. The fraction of sp³-hybridized carbons (Fsp3) is 0.542. The summed E-state index contributed by atoms with van der Waals surface area (Å²) < 4.78 is 10.6. The van der Waals surface area contributed by atoms with Gasteiger partial charge >= 0.3 is 11.9 Å². The molecule has 2 aromatic carbocycles. The van der Waals surface area contributed by atoms with Gasteiger partial charge in [-0.1, -0.05) is 88.4 Å². The highest BCUT2D eigenvalue weighted by molar-refractivity contribution is 5.97. The van der Waals surface area contributed by atoms with Crippen LogP contribution in [0.1, 0.15) is 84.3 Å². The van der Waals surface area contributed by atoms with E-state index in [-0.39, 0.29) is 31.2 Å². The van der Waals surface area contributed by atoms with Crippen molar-refractivity contribution in [1.29, 1.82) is 0 Å². The van der Waals surface area contributed by atoms with Gasteiger partial charge in [0.1, 0.15) is 30.2 Å². The molecule has 0 spiro atoms. The Labute approximate surface area is 377 Å². The highest BCUT2D eigenvalue weighted by Crippen LogP contribution is 2.25. The van der Waals surface area contributed by atoms with Crippen LogP contribution in [-0.2, 0) is 54.3 Å². The fourth-order valence-electron chi connectivity index (χ4n) is 8.11. The van der Waals surface area contributed by atoms with Gasteiger partial charge in [-0.15, -0.1) is 0 Å². The van der Waals surface area contributed by atoms with E-state index in [4.69, 9.17) is 9.47 Å². The van der Waals surface area contributed by atoms with Crippen LogP contribution in [0.4, 0.5) is 0 Å². The molecule has 2 N–H and O–H groups in total. The zero-order valence-electron chi connectivity index (χ0n) is 38.5. The lowest BCUT2D eigenvalue weighted by atomic mass is 10.00. The molecule has 2 saturated heterocycles. The number of likely N-dealkylation sites (N-methyl/N-ethyl adjacent to an activating group) is 2. The number of carbonyl (C=O) groups is 8. The van der Waals surface area contributed by atoms with Crippen molar-refractivity contribution in [3.63, 3.8) is 0 Å². The summed E-state index contributed by atoms with van der Waals surface area (Å²) in [7, 11) is 4.21. The highest BCUT2D eigenvalue weighted by Gasteiger charge is 2.42. The molecular weight excluding hydrogens is 821 g/mol. The van der Waals surface area contributed by atoms with Crippen LogP contribution in [-0.4, -0.2) is 144 Å². The van der Waals surface area contributed by atoms with Gasteiger partial charge in [0, 0.05) is 45.6 Å². The fourth-order valence-corrected chi connectivity index (χ4v) is 8.11. The number of esters is 2. The molecule has 0 saturated carbocycles. The Balaban J connectivity index is 1.40. The van der Waals surface area contributed by atoms with E-state index >= 15 is 0 Å². The van der Waals surface area contributed by atoms with E-state index in [1.54, 1.807) is 13.0 Å². The van der Waals surface area contributed by atoms with Crippen molar-refractivity contribution in [1.82, 2.24) is 30.2 Å². The second kappa shape index (κ2) is 24.1. The number of nitrogens with one attached hydrogen (secondary N) is 2. The van der Waals surface area contributed by atoms with Gasteiger partial charge in [-0.25, -0.2) is 9.59 Å². The lowest BCUT2D eigenvalue weighted by Crippen LogP contribution is -2.58. The Kier molecular flexibility index (Phi) is 19.1.